The van der Waals surface area contributed by atoms with E-state index in [4.69, 9.17) is 4.74 Å². The van der Waals surface area contributed by atoms with Gasteiger partial charge in [-0.05, 0) is 32.1 Å². The lowest BCUT2D eigenvalue weighted by Gasteiger charge is -2.51. The lowest BCUT2D eigenvalue weighted by atomic mass is 9.80. The molecule has 4 atom stereocenters. The Morgan fingerprint density at radius 3 is 2.53 bits per heavy atom. The molecule has 4 unspecified atom stereocenters. The summed E-state index contributed by atoms with van der Waals surface area (Å²) in [6, 6.07) is 0.706. The van der Waals surface area contributed by atoms with E-state index >= 15 is 0 Å². The van der Waals surface area contributed by atoms with E-state index in [2.05, 4.69) is 6.92 Å². The highest BCUT2D eigenvalue weighted by molar-refractivity contribution is 4.94. The molecule has 2 aliphatic carbocycles. The third-order valence-corrected chi connectivity index (χ3v) is 5.82. The molecule has 3 nitrogen and oxygen atoms in total. The molecule has 3 heteroatoms. The molecule has 1 N–H and O–H groups in total. The average Bonchev–Trinajstić information content (AvgIpc) is 2.63. The predicted molar refractivity (Wildman–Crippen MR) is 66.6 cm³/mol. The second kappa shape index (κ2) is 4.52. The first-order valence-electron chi connectivity index (χ1n) is 7.38. The highest BCUT2D eigenvalue weighted by Crippen LogP contribution is 2.46. The maximum Gasteiger partial charge on any atom is 0.103 e. The summed E-state index contributed by atoms with van der Waals surface area (Å²) in [6.07, 6.45) is 5.11. The van der Waals surface area contributed by atoms with Gasteiger partial charge in [0.2, 0.25) is 0 Å². The van der Waals surface area contributed by atoms with Crippen molar-refractivity contribution in [3.63, 3.8) is 0 Å². The number of rotatable bonds is 2. The van der Waals surface area contributed by atoms with Gasteiger partial charge in [0.1, 0.15) is 13.1 Å². The molecule has 3 rings (SSSR count). The number of ether oxygens (including phenoxy) is 1. The lowest BCUT2D eigenvalue weighted by Crippen LogP contribution is -2.64. The smallest absolute Gasteiger partial charge is 0.103 e. The Balaban J connectivity index is 1.81. The molecule has 0 spiro atoms. The van der Waals surface area contributed by atoms with Crippen LogP contribution in [0.1, 0.15) is 32.6 Å². The van der Waals surface area contributed by atoms with Gasteiger partial charge in [0.25, 0.3) is 0 Å². The van der Waals surface area contributed by atoms with Crippen molar-refractivity contribution in [2.75, 3.05) is 32.8 Å². The van der Waals surface area contributed by atoms with Crippen molar-refractivity contribution in [1.29, 1.82) is 0 Å². The number of hydrogen-bond acceptors (Lipinski definition) is 2. The summed E-state index contributed by atoms with van der Waals surface area (Å²) in [5.74, 6) is 1.20. The van der Waals surface area contributed by atoms with Gasteiger partial charge in [-0.2, -0.15) is 0 Å². The normalized spacial score (nSPS) is 44.8. The second-order valence-electron chi connectivity index (χ2n) is 6.23. The first kappa shape index (κ1) is 11.9. The Bertz CT molecular complexity index is 275. The monoisotopic (exact) mass is 240 g/mol. The van der Waals surface area contributed by atoms with E-state index in [-0.39, 0.29) is 6.10 Å². The lowest BCUT2D eigenvalue weighted by molar-refractivity contribution is -0.961. The summed E-state index contributed by atoms with van der Waals surface area (Å²) in [7, 11) is 0. The van der Waals surface area contributed by atoms with Crippen molar-refractivity contribution in [2.45, 2.75) is 44.8 Å². The van der Waals surface area contributed by atoms with Gasteiger partial charge in [0.15, 0.2) is 0 Å². The Labute approximate surface area is 104 Å². The second-order valence-corrected chi connectivity index (χ2v) is 6.23. The van der Waals surface area contributed by atoms with E-state index < -0.39 is 0 Å². The van der Waals surface area contributed by atoms with Crippen molar-refractivity contribution in [2.24, 2.45) is 11.8 Å². The van der Waals surface area contributed by atoms with Crippen molar-refractivity contribution in [1.82, 2.24) is 0 Å². The quantitative estimate of drug-likeness (QED) is 0.739. The van der Waals surface area contributed by atoms with Crippen LogP contribution in [0.3, 0.4) is 0 Å². The highest BCUT2D eigenvalue weighted by Gasteiger charge is 2.51. The van der Waals surface area contributed by atoms with Crippen LogP contribution in [-0.2, 0) is 4.74 Å². The van der Waals surface area contributed by atoms with Crippen LogP contribution in [0.5, 0.6) is 0 Å². The number of morpholine rings is 1. The molecule has 0 amide bonds. The van der Waals surface area contributed by atoms with Crippen LogP contribution in [0.15, 0.2) is 0 Å². The van der Waals surface area contributed by atoms with Gasteiger partial charge in [0, 0.05) is 12.3 Å². The summed E-state index contributed by atoms with van der Waals surface area (Å²) in [4.78, 5) is 0. The van der Waals surface area contributed by atoms with Gasteiger partial charge in [-0.25, -0.2) is 0 Å². The van der Waals surface area contributed by atoms with Crippen LogP contribution >= 0.6 is 0 Å². The largest absolute Gasteiger partial charge is 0.392 e. The fraction of sp³-hybridized carbons (Fsp3) is 1.00. The molecule has 3 aliphatic rings. The molecule has 0 radical (unpaired) electrons. The van der Waals surface area contributed by atoms with Crippen molar-refractivity contribution in [3.05, 3.63) is 0 Å². The topological polar surface area (TPSA) is 29.5 Å². The number of aliphatic hydroxyl groups is 1. The summed E-state index contributed by atoms with van der Waals surface area (Å²) < 4.78 is 6.76. The first-order chi connectivity index (χ1) is 8.27. The number of fused-ring (bicyclic) bond motifs is 2. The van der Waals surface area contributed by atoms with Gasteiger partial charge < -0.3 is 14.3 Å². The molecule has 2 bridgehead atoms. The van der Waals surface area contributed by atoms with Crippen LogP contribution in [0.2, 0.25) is 0 Å². The van der Waals surface area contributed by atoms with E-state index in [9.17, 15) is 5.11 Å². The van der Waals surface area contributed by atoms with Gasteiger partial charge in [-0.1, -0.05) is 0 Å². The number of nitrogens with zero attached hydrogens (tertiary/aromatic N) is 1. The van der Waals surface area contributed by atoms with E-state index in [1.54, 1.807) is 0 Å². The Hall–Kier alpha value is -0.120. The minimum absolute atomic E-state index is 0.00172. The van der Waals surface area contributed by atoms with E-state index in [1.165, 1.54) is 36.7 Å². The molecule has 0 aromatic carbocycles. The van der Waals surface area contributed by atoms with E-state index in [0.29, 0.717) is 17.9 Å². The molecule has 0 aromatic heterocycles. The predicted octanol–water partition coefficient (Wildman–Crippen LogP) is 1.40. The third-order valence-electron chi connectivity index (χ3n) is 5.82. The van der Waals surface area contributed by atoms with Gasteiger partial charge >= 0.3 is 0 Å². The van der Waals surface area contributed by atoms with E-state index in [1.807, 2.05) is 0 Å². The van der Waals surface area contributed by atoms with Crippen LogP contribution in [-0.4, -0.2) is 54.6 Å². The average molecular weight is 240 g/mol. The minimum atomic E-state index is -0.00172. The van der Waals surface area contributed by atoms with Crippen molar-refractivity contribution in [3.8, 4) is 0 Å². The maximum absolute atomic E-state index is 10.4. The summed E-state index contributed by atoms with van der Waals surface area (Å²) in [5.41, 5.74) is 0. The molecule has 1 saturated heterocycles. The van der Waals surface area contributed by atoms with E-state index in [0.717, 1.165) is 26.3 Å². The summed E-state index contributed by atoms with van der Waals surface area (Å²) in [5, 5.41) is 10.4. The molecule has 2 saturated carbocycles. The molecule has 3 fully saturated rings. The fourth-order valence-corrected chi connectivity index (χ4v) is 4.70. The van der Waals surface area contributed by atoms with Gasteiger partial charge in [-0.15, -0.1) is 0 Å². The van der Waals surface area contributed by atoms with Gasteiger partial charge in [-0.3, -0.25) is 0 Å². The number of hydrogen-bond donors (Lipinski definition) is 1. The molecular formula is C14H26NO2+. The fourth-order valence-electron chi connectivity index (χ4n) is 4.70. The summed E-state index contributed by atoms with van der Waals surface area (Å²) in [6.45, 7) is 7.68. The van der Waals surface area contributed by atoms with Crippen molar-refractivity contribution >= 4 is 0 Å². The number of quaternary nitrogens is 1. The maximum atomic E-state index is 10.4. The zero-order chi connectivity index (χ0) is 11.9. The summed E-state index contributed by atoms with van der Waals surface area (Å²) >= 11 is 0. The molecule has 98 valence electrons. The molecule has 1 aliphatic heterocycles. The van der Waals surface area contributed by atoms with Crippen molar-refractivity contribution < 1.29 is 14.3 Å². The Morgan fingerprint density at radius 1 is 1.12 bits per heavy atom. The minimum Gasteiger partial charge on any atom is -0.392 e. The zero-order valence-electron chi connectivity index (χ0n) is 11.0. The molecule has 1 heterocycles. The first-order valence-corrected chi connectivity index (χ1v) is 7.38. The van der Waals surface area contributed by atoms with Crippen LogP contribution in [0, 0.1) is 11.8 Å². The Morgan fingerprint density at radius 2 is 1.82 bits per heavy atom. The highest BCUT2D eigenvalue weighted by atomic mass is 16.5. The molecule has 0 aromatic rings. The van der Waals surface area contributed by atoms with Gasteiger partial charge in [0.05, 0.1) is 31.9 Å². The van der Waals surface area contributed by atoms with Crippen LogP contribution in [0.25, 0.3) is 0 Å². The SMILES string of the molecule is CC[N+]1(C2CCC3CCC2C3O)CCOCC1. The Kier molecular flexibility index (Phi) is 3.18. The van der Waals surface area contributed by atoms with Crippen LogP contribution in [0.4, 0.5) is 0 Å². The van der Waals surface area contributed by atoms with Crippen LogP contribution < -0.4 is 0 Å². The number of aliphatic hydroxyl groups excluding tert-OH is 1. The third kappa shape index (κ3) is 1.83. The standard InChI is InChI=1S/C14H26NO2/c1-2-15(7-9-17-10-8-15)13-6-4-11-3-5-12(13)14(11)16/h11-14,16H,2-10H2,1H3/q+1. The molecular weight excluding hydrogens is 214 g/mol. The molecule has 17 heavy (non-hydrogen) atoms. The number of likely N-dealkylation sites (N-methyl/N-ethyl adjacent to an activating group) is 1. The zero-order valence-corrected chi connectivity index (χ0v) is 11.0.